The van der Waals surface area contributed by atoms with Crippen molar-refractivity contribution in [1.82, 2.24) is 0 Å². The van der Waals surface area contributed by atoms with Gasteiger partial charge in [0.25, 0.3) is 0 Å². The van der Waals surface area contributed by atoms with Gasteiger partial charge in [-0.15, -0.1) is 0 Å². The molecule has 0 N–H and O–H groups in total. The molecule has 0 rings (SSSR count). The largest absolute Gasteiger partial charge is 0.416 e. The number of hydrogen-bond acceptors (Lipinski definition) is 1. The van der Waals surface area contributed by atoms with E-state index in [2.05, 4.69) is 4.94 Å². The fraction of sp³-hybridized carbons (Fsp3) is 1.00. The predicted molar refractivity (Wildman–Crippen MR) is 33.6 cm³/mol. The van der Waals surface area contributed by atoms with E-state index in [9.17, 15) is 22.1 Å². The van der Waals surface area contributed by atoms with Crippen molar-refractivity contribution in [2.75, 3.05) is 13.8 Å². The molecule has 11 heavy (non-hydrogen) atoms. The quantitative estimate of drug-likeness (QED) is 0.525. The molecule has 0 saturated heterocycles. The molecule has 6 heteroatoms. The maximum atomic E-state index is 10.4. The first-order valence-corrected chi connectivity index (χ1v) is 1.75. The zero-order chi connectivity index (χ0) is 7.91. The Bertz CT molecular complexity index is 53.3. The van der Waals surface area contributed by atoms with Gasteiger partial charge in [-0.05, 0) is 4.53 Å². The Kier molecular flexibility index (Phi) is 25.1. The van der Waals surface area contributed by atoms with E-state index in [0.717, 1.165) is 7.11 Å². The lowest BCUT2D eigenvalue weighted by Crippen LogP contribution is -2.08. The molecule has 0 aliphatic rings. The van der Waals surface area contributed by atoms with Crippen LogP contribution in [0, 0.1) is 0 Å². The van der Waals surface area contributed by atoms with Crippen molar-refractivity contribution in [2.45, 2.75) is 21.0 Å². The molecule has 0 bridgehead atoms. The second-order valence-electron chi connectivity index (χ2n) is 0.903. The van der Waals surface area contributed by atoms with Crippen molar-refractivity contribution in [3.8, 4) is 0 Å². The highest BCUT2D eigenvalue weighted by Crippen LogP contribution is 2.13. The van der Waals surface area contributed by atoms with Gasteiger partial charge in [0.05, 0.1) is 7.11 Å². The highest BCUT2D eigenvalue weighted by molar-refractivity contribution is 4.39. The van der Waals surface area contributed by atoms with Gasteiger partial charge in [0, 0.05) is 0 Å². The Morgan fingerprint density at radius 1 is 1.18 bits per heavy atom. The molecule has 0 unspecified atom stereocenters. The first kappa shape index (κ1) is 22.4. The Morgan fingerprint density at radius 2 is 1.27 bits per heavy atom. The van der Waals surface area contributed by atoms with Gasteiger partial charge >= 0.3 is 6.18 Å². The molecule has 74 valence electrons. The molecule has 0 saturated carbocycles. The van der Waals surface area contributed by atoms with Gasteiger partial charge < -0.3 is 0 Å². The van der Waals surface area contributed by atoms with E-state index in [1.807, 2.05) is 0 Å². The molecule has 0 spiro atoms. The Labute approximate surface area is 63.1 Å². The normalized spacial score (nSPS) is 8.18. The Balaban J connectivity index is -0.0000000437. The lowest BCUT2D eigenvalue weighted by molar-refractivity contribution is -0.142. The van der Waals surface area contributed by atoms with Gasteiger partial charge in [-0.2, -0.15) is 18.1 Å². The molecule has 0 fully saturated rings. The second-order valence-corrected chi connectivity index (χ2v) is 0.903. The van der Waals surface area contributed by atoms with Crippen LogP contribution < -0.4 is 0 Å². The van der Waals surface area contributed by atoms with Crippen LogP contribution in [0.1, 0.15) is 14.9 Å². The third kappa shape index (κ3) is 81.7. The third-order valence-corrected chi connectivity index (χ3v) is 0.152. The average Bonchev–Trinajstić information content (AvgIpc) is 1.67. The summed E-state index contributed by atoms with van der Waals surface area (Å²) in [6.07, 6.45) is -4.62. The Morgan fingerprint density at radius 3 is 1.27 bits per heavy atom. The number of hydrogen-bond donors (Lipinski definition) is 0. The first-order chi connectivity index (χ1) is 3.97. The van der Waals surface area contributed by atoms with E-state index in [1.165, 1.54) is 0 Å². The third-order valence-electron chi connectivity index (χ3n) is 0.152. The summed E-state index contributed by atoms with van der Waals surface area (Å²) in [5.74, 6) is 0. The number of rotatable bonds is 0. The molecule has 0 aromatic carbocycles. The van der Waals surface area contributed by atoms with Crippen LogP contribution in [-0.2, 0) is 4.94 Å². The van der Waals surface area contributed by atoms with E-state index in [4.69, 9.17) is 0 Å². The molecule has 0 aliphatic carbocycles. The molecular weight excluding hydrogens is 171 g/mol. The van der Waals surface area contributed by atoms with Gasteiger partial charge in [0.1, 0.15) is 0 Å². The van der Waals surface area contributed by atoms with Crippen molar-refractivity contribution in [2.24, 2.45) is 0 Å². The van der Waals surface area contributed by atoms with Crippen LogP contribution in [0.3, 0.4) is 0 Å². The summed E-state index contributed by atoms with van der Waals surface area (Å²) in [5, 5.41) is 0. The minimum Gasteiger partial charge on any atom is -0.241 e. The molecule has 0 aliphatic heterocycles. The maximum Gasteiger partial charge on any atom is 0.416 e. The molecule has 0 atom stereocenters. The molecule has 1 nitrogen and oxygen atoms in total. The van der Waals surface area contributed by atoms with Crippen LogP contribution in [0.5, 0.6) is 0 Å². The zero-order valence-corrected chi connectivity index (χ0v) is 4.51. The summed E-state index contributed by atoms with van der Waals surface area (Å²) >= 11 is 0. The number of halogens is 5. The summed E-state index contributed by atoms with van der Waals surface area (Å²) in [6.45, 7) is -2.23. The summed E-state index contributed by atoms with van der Waals surface area (Å²) in [7, 11) is 0.958. The van der Waals surface area contributed by atoms with E-state index < -0.39 is 12.9 Å². The van der Waals surface area contributed by atoms with Crippen LogP contribution in [0.4, 0.5) is 22.1 Å². The average molecular weight is 184 g/mol. The van der Waals surface area contributed by atoms with E-state index in [-0.39, 0.29) is 14.9 Å². The second kappa shape index (κ2) is 12.3. The summed E-state index contributed by atoms with van der Waals surface area (Å²) in [6, 6.07) is 0. The minimum absolute atomic E-state index is 0. The zero-order valence-electron chi connectivity index (χ0n) is 4.51. The summed E-state index contributed by atoms with van der Waals surface area (Å²) in [4.78, 5) is 2.75. The molecule has 0 heterocycles. The van der Waals surface area contributed by atoms with Gasteiger partial charge in [0.15, 0.2) is 6.67 Å². The van der Waals surface area contributed by atoms with Crippen LogP contribution in [0.2, 0.25) is 0 Å². The van der Waals surface area contributed by atoms with Gasteiger partial charge in [-0.3, -0.25) is 0 Å². The molecule has 0 aromatic rings. The van der Waals surface area contributed by atoms with Crippen LogP contribution in [0.15, 0.2) is 0 Å². The van der Waals surface area contributed by atoms with Crippen molar-refractivity contribution >= 4 is 0 Å². The standard InChI is InChI=1S/C2H2F4.CH3FO.2CH4/c3-1-2(4,5)6;1-3-2;;/h1H2;1H3;2*1H4. The van der Waals surface area contributed by atoms with Gasteiger partial charge in [0.2, 0.25) is 0 Å². The lowest BCUT2D eigenvalue weighted by atomic mass is 10.8. The number of alkyl halides is 4. The van der Waals surface area contributed by atoms with Crippen molar-refractivity contribution < 1.29 is 27.0 Å². The predicted octanol–water partition coefficient (Wildman–Crippen LogP) is 3.31. The van der Waals surface area contributed by atoms with E-state index in [1.54, 1.807) is 0 Å². The highest BCUT2D eigenvalue weighted by Gasteiger charge is 2.26. The van der Waals surface area contributed by atoms with Crippen molar-refractivity contribution in [3.05, 3.63) is 0 Å². The smallest absolute Gasteiger partial charge is 0.241 e. The van der Waals surface area contributed by atoms with E-state index >= 15 is 0 Å². The van der Waals surface area contributed by atoms with Gasteiger partial charge in [-0.25, -0.2) is 4.39 Å². The molecular formula is C5H13F5O. The first-order valence-electron chi connectivity index (χ1n) is 1.75. The maximum absolute atomic E-state index is 10.4. The highest BCUT2D eigenvalue weighted by atomic mass is 19.4. The summed E-state index contributed by atoms with van der Waals surface area (Å²) in [5.41, 5.74) is 0. The van der Waals surface area contributed by atoms with E-state index in [0.29, 0.717) is 0 Å². The van der Waals surface area contributed by atoms with Gasteiger partial charge in [-0.1, -0.05) is 14.9 Å². The van der Waals surface area contributed by atoms with Crippen LogP contribution in [0.25, 0.3) is 0 Å². The monoisotopic (exact) mass is 184 g/mol. The topological polar surface area (TPSA) is 9.23 Å². The van der Waals surface area contributed by atoms with Crippen molar-refractivity contribution in [3.63, 3.8) is 0 Å². The lowest BCUT2D eigenvalue weighted by Gasteiger charge is -1.93. The SMILES string of the molecule is C.C.COF.FCC(F)(F)F. The van der Waals surface area contributed by atoms with Crippen molar-refractivity contribution in [1.29, 1.82) is 0 Å². The fourth-order valence-electron chi connectivity index (χ4n) is 0. The van der Waals surface area contributed by atoms with Crippen LogP contribution >= 0.6 is 0 Å². The summed E-state index contributed by atoms with van der Waals surface area (Å²) < 4.78 is 51.4. The minimum atomic E-state index is -4.62. The van der Waals surface area contributed by atoms with Crippen LogP contribution in [-0.4, -0.2) is 20.0 Å². The fourth-order valence-corrected chi connectivity index (χ4v) is 0. The Hall–Kier alpha value is -0.390. The molecule has 0 radical (unpaired) electrons. The molecule has 0 aromatic heterocycles. The molecule has 0 amide bonds.